The van der Waals surface area contributed by atoms with Crippen LogP contribution in [-0.2, 0) is 0 Å². The van der Waals surface area contributed by atoms with Gasteiger partial charge in [-0.25, -0.2) is 0 Å². The van der Waals surface area contributed by atoms with Crippen molar-refractivity contribution in [1.29, 1.82) is 0 Å². The lowest BCUT2D eigenvalue weighted by molar-refractivity contribution is 0.237. The van der Waals surface area contributed by atoms with Crippen LogP contribution in [0.5, 0.6) is 0 Å². The summed E-state index contributed by atoms with van der Waals surface area (Å²) in [5, 5.41) is 16.2. The van der Waals surface area contributed by atoms with Gasteiger partial charge in [-0.15, -0.1) is 24.0 Å². The predicted molar refractivity (Wildman–Crippen MR) is 113 cm³/mol. The Morgan fingerprint density at radius 1 is 1.21 bits per heavy atom. The molecule has 1 aromatic rings. The zero-order chi connectivity index (χ0) is 17.1. The Balaban J connectivity index is 0.00000529. The molecule has 0 amide bonds. The van der Waals surface area contributed by atoms with E-state index in [2.05, 4.69) is 41.3 Å². The number of hydrogen-bond acceptors (Lipinski definition) is 3. The van der Waals surface area contributed by atoms with E-state index in [1.165, 1.54) is 0 Å². The SMILES string of the molecule is CCN(CCNC(=NC)NCC(CO)c1ccccc1)C(C)C.I. The summed E-state index contributed by atoms with van der Waals surface area (Å²) >= 11 is 0. The Morgan fingerprint density at radius 3 is 2.38 bits per heavy atom. The standard InChI is InChI=1S/C18H32N4O.HI/c1-5-22(15(2)3)12-11-20-18(19-4)21-13-17(14-23)16-9-7-6-8-10-16;/h6-10,15,17,23H,5,11-14H2,1-4H3,(H2,19,20,21);1H. The number of aliphatic imine (C=N–C) groups is 1. The molecule has 5 nitrogen and oxygen atoms in total. The van der Waals surface area contributed by atoms with Gasteiger partial charge in [0.15, 0.2) is 5.96 Å². The first-order chi connectivity index (χ1) is 11.1. The third-order valence-corrected chi connectivity index (χ3v) is 4.06. The summed E-state index contributed by atoms with van der Waals surface area (Å²) < 4.78 is 0. The van der Waals surface area contributed by atoms with Crippen LogP contribution in [0.15, 0.2) is 35.3 Å². The van der Waals surface area contributed by atoms with Crippen LogP contribution in [0.1, 0.15) is 32.3 Å². The van der Waals surface area contributed by atoms with E-state index in [1.807, 2.05) is 30.3 Å². The van der Waals surface area contributed by atoms with Crippen LogP contribution in [0.25, 0.3) is 0 Å². The monoisotopic (exact) mass is 448 g/mol. The van der Waals surface area contributed by atoms with E-state index in [1.54, 1.807) is 7.05 Å². The molecule has 24 heavy (non-hydrogen) atoms. The Kier molecular flexibility index (Phi) is 13.0. The maximum atomic E-state index is 9.60. The molecule has 0 aliphatic rings. The lowest BCUT2D eigenvalue weighted by Crippen LogP contribution is -2.44. The van der Waals surface area contributed by atoms with Crippen LogP contribution in [0, 0.1) is 0 Å². The molecule has 0 fully saturated rings. The normalized spacial score (nSPS) is 12.9. The van der Waals surface area contributed by atoms with E-state index in [9.17, 15) is 5.11 Å². The lowest BCUT2D eigenvalue weighted by atomic mass is 10.0. The molecule has 0 bridgehead atoms. The smallest absolute Gasteiger partial charge is 0.191 e. The van der Waals surface area contributed by atoms with Gasteiger partial charge in [0.25, 0.3) is 0 Å². The molecule has 138 valence electrons. The number of nitrogens with zero attached hydrogens (tertiary/aromatic N) is 2. The van der Waals surface area contributed by atoms with Gasteiger partial charge in [0, 0.05) is 38.6 Å². The first-order valence-electron chi connectivity index (χ1n) is 8.46. The molecule has 0 saturated carbocycles. The molecule has 0 saturated heterocycles. The molecule has 1 unspecified atom stereocenters. The summed E-state index contributed by atoms with van der Waals surface area (Å²) in [5.74, 6) is 0.844. The van der Waals surface area contributed by atoms with Crippen molar-refractivity contribution in [1.82, 2.24) is 15.5 Å². The number of hydrogen-bond donors (Lipinski definition) is 3. The third-order valence-electron chi connectivity index (χ3n) is 4.06. The number of nitrogens with one attached hydrogen (secondary N) is 2. The molecule has 0 aliphatic heterocycles. The van der Waals surface area contributed by atoms with Gasteiger partial charge in [-0.05, 0) is 26.0 Å². The first-order valence-corrected chi connectivity index (χ1v) is 8.46. The minimum atomic E-state index is 0. The van der Waals surface area contributed by atoms with Gasteiger partial charge in [-0.3, -0.25) is 9.89 Å². The van der Waals surface area contributed by atoms with Crippen molar-refractivity contribution in [2.75, 3.05) is 39.8 Å². The van der Waals surface area contributed by atoms with Crippen molar-refractivity contribution >= 4 is 29.9 Å². The summed E-state index contributed by atoms with van der Waals surface area (Å²) in [7, 11) is 1.77. The Labute approximate surface area is 164 Å². The molecule has 6 heteroatoms. The number of likely N-dealkylation sites (N-methyl/N-ethyl adjacent to an activating group) is 1. The second kappa shape index (κ2) is 13.4. The fourth-order valence-electron chi connectivity index (χ4n) is 2.55. The number of halogens is 1. The van der Waals surface area contributed by atoms with Crippen LogP contribution in [-0.4, -0.2) is 61.8 Å². The topological polar surface area (TPSA) is 59.9 Å². The minimum Gasteiger partial charge on any atom is -0.396 e. The Bertz CT molecular complexity index is 454. The second-order valence-electron chi connectivity index (χ2n) is 5.89. The van der Waals surface area contributed by atoms with Crippen LogP contribution >= 0.6 is 24.0 Å². The molecule has 1 rings (SSSR count). The number of benzene rings is 1. The van der Waals surface area contributed by atoms with Crippen molar-refractivity contribution in [3.05, 3.63) is 35.9 Å². The summed E-state index contributed by atoms with van der Waals surface area (Å²) in [6.45, 7) is 10.2. The van der Waals surface area contributed by atoms with Crippen molar-refractivity contribution in [3.8, 4) is 0 Å². The highest BCUT2D eigenvalue weighted by molar-refractivity contribution is 14.0. The highest BCUT2D eigenvalue weighted by atomic mass is 127. The number of rotatable bonds is 9. The summed E-state index contributed by atoms with van der Waals surface area (Å²) in [5.41, 5.74) is 1.13. The minimum absolute atomic E-state index is 0. The predicted octanol–water partition coefficient (Wildman–Crippen LogP) is 2.28. The Hall–Kier alpha value is -0.860. The number of aliphatic hydroxyl groups excluding tert-OH is 1. The average molecular weight is 448 g/mol. The highest BCUT2D eigenvalue weighted by Gasteiger charge is 2.11. The third kappa shape index (κ3) is 8.30. The van der Waals surface area contributed by atoms with E-state index < -0.39 is 0 Å². The zero-order valence-corrected chi connectivity index (χ0v) is 17.7. The Morgan fingerprint density at radius 2 is 1.88 bits per heavy atom. The van der Waals surface area contributed by atoms with Gasteiger partial charge < -0.3 is 15.7 Å². The van der Waals surface area contributed by atoms with Crippen LogP contribution < -0.4 is 10.6 Å². The van der Waals surface area contributed by atoms with Crippen molar-refractivity contribution < 1.29 is 5.11 Å². The van der Waals surface area contributed by atoms with Crippen LogP contribution in [0.2, 0.25) is 0 Å². The van der Waals surface area contributed by atoms with Gasteiger partial charge >= 0.3 is 0 Å². The fraction of sp³-hybridized carbons (Fsp3) is 0.611. The molecule has 0 aliphatic carbocycles. The highest BCUT2D eigenvalue weighted by Crippen LogP contribution is 2.13. The maximum Gasteiger partial charge on any atom is 0.191 e. The van der Waals surface area contributed by atoms with E-state index in [-0.39, 0.29) is 36.5 Å². The zero-order valence-electron chi connectivity index (χ0n) is 15.3. The summed E-state index contributed by atoms with van der Waals surface area (Å²) in [6.07, 6.45) is 0. The molecule has 0 aromatic heterocycles. The summed E-state index contributed by atoms with van der Waals surface area (Å²) in [4.78, 5) is 6.65. The maximum absolute atomic E-state index is 9.60. The molecular weight excluding hydrogens is 415 g/mol. The average Bonchev–Trinajstić information content (AvgIpc) is 2.58. The lowest BCUT2D eigenvalue weighted by Gasteiger charge is -2.25. The second-order valence-corrected chi connectivity index (χ2v) is 5.89. The van der Waals surface area contributed by atoms with E-state index in [4.69, 9.17) is 0 Å². The van der Waals surface area contributed by atoms with E-state index in [0.717, 1.165) is 31.2 Å². The quantitative estimate of drug-likeness (QED) is 0.308. The van der Waals surface area contributed by atoms with Gasteiger partial charge in [-0.1, -0.05) is 37.3 Å². The molecule has 0 heterocycles. The van der Waals surface area contributed by atoms with Gasteiger partial charge in [0.1, 0.15) is 0 Å². The van der Waals surface area contributed by atoms with Crippen molar-refractivity contribution in [3.63, 3.8) is 0 Å². The van der Waals surface area contributed by atoms with Gasteiger partial charge in [-0.2, -0.15) is 0 Å². The summed E-state index contributed by atoms with van der Waals surface area (Å²) in [6, 6.07) is 10.6. The number of aliphatic hydroxyl groups is 1. The molecule has 3 N–H and O–H groups in total. The largest absolute Gasteiger partial charge is 0.396 e. The fourth-order valence-corrected chi connectivity index (χ4v) is 2.55. The molecule has 1 aromatic carbocycles. The van der Waals surface area contributed by atoms with E-state index in [0.29, 0.717) is 12.6 Å². The molecule has 0 radical (unpaired) electrons. The van der Waals surface area contributed by atoms with E-state index >= 15 is 0 Å². The molecular formula is C18H33IN4O. The van der Waals surface area contributed by atoms with Crippen LogP contribution in [0.3, 0.4) is 0 Å². The van der Waals surface area contributed by atoms with Crippen LogP contribution in [0.4, 0.5) is 0 Å². The number of guanidine groups is 1. The molecule has 1 atom stereocenters. The first kappa shape index (κ1) is 23.1. The molecule has 0 spiro atoms. The van der Waals surface area contributed by atoms with Crippen molar-refractivity contribution in [2.24, 2.45) is 4.99 Å². The van der Waals surface area contributed by atoms with Gasteiger partial charge in [0.05, 0.1) is 6.61 Å². The van der Waals surface area contributed by atoms with Crippen molar-refractivity contribution in [2.45, 2.75) is 32.7 Å². The van der Waals surface area contributed by atoms with Gasteiger partial charge in [0.2, 0.25) is 0 Å².